The SMILES string of the molecule is [CH2]C1CCOC(C)(C)O1. The fourth-order valence-corrected chi connectivity index (χ4v) is 0.930. The zero-order valence-corrected chi connectivity index (χ0v) is 6.02. The van der Waals surface area contributed by atoms with Crippen molar-refractivity contribution in [1.82, 2.24) is 0 Å². The molecule has 1 unspecified atom stereocenters. The van der Waals surface area contributed by atoms with E-state index in [4.69, 9.17) is 9.47 Å². The van der Waals surface area contributed by atoms with Crippen molar-refractivity contribution in [3.63, 3.8) is 0 Å². The molecule has 0 N–H and O–H groups in total. The Labute approximate surface area is 56.2 Å². The van der Waals surface area contributed by atoms with Crippen LogP contribution in [0.3, 0.4) is 0 Å². The van der Waals surface area contributed by atoms with Crippen LogP contribution in [0.1, 0.15) is 20.3 Å². The third-order valence-electron chi connectivity index (χ3n) is 1.34. The quantitative estimate of drug-likeness (QED) is 0.491. The maximum Gasteiger partial charge on any atom is 0.163 e. The summed E-state index contributed by atoms with van der Waals surface area (Å²) in [7, 11) is 0. The van der Waals surface area contributed by atoms with Crippen molar-refractivity contribution in [3.8, 4) is 0 Å². The molecule has 1 rings (SSSR count). The minimum atomic E-state index is -0.412. The molecule has 1 atom stereocenters. The Morgan fingerprint density at radius 1 is 1.56 bits per heavy atom. The lowest BCUT2D eigenvalue weighted by Gasteiger charge is -2.34. The van der Waals surface area contributed by atoms with E-state index < -0.39 is 5.79 Å². The van der Waals surface area contributed by atoms with E-state index in [1.54, 1.807) is 0 Å². The fourth-order valence-electron chi connectivity index (χ4n) is 0.930. The number of ether oxygens (including phenoxy) is 2. The van der Waals surface area contributed by atoms with Gasteiger partial charge in [-0.1, -0.05) is 0 Å². The summed E-state index contributed by atoms with van der Waals surface area (Å²) >= 11 is 0. The lowest BCUT2D eigenvalue weighted by atomic mass is 10.2. The van der Waals surface area contributed by atoms with E-state index in [0.29, 0.717) is 0 Å². The number of rotatable bonds is 0. The monoisotopic (exact) mass is 129 g/mol. The predicted octanol–water partition coefficient (Wildman–Crippen LogP) is 1.36. The fraction of sp³-hybridized carbons (Fsp3) is 0.857. The minimum Gasteiger partial charge on any atom is -0.350 e. The van der Waals surface area contributed by atoms with E-state index in [2.05, 4.69) is 6.92 Å². The third-order valence-corrected chi connectivity index (χ3v) is 1.34. The Balaban J connectivity index is 2.41. The molecule has 1 aliphatic heterocycles. The van der Waals surface area contributed by atoms with Gasteiger partial charge in [-0.15, -0.1) is 0 Å². The molecule has 0 aromatic heterocycles. The highest BCUT2D eigenvalue weighted by molar-refractivity contribution is 4.69. The first-order valence-electron chi connectivity index (χ1n) is 3.25. The highest BCUT2D eigenvalue weighted by atomic mass is 16.7. The zero-order valence-electron chi connectivity index (χ0n) is 6.02. The molecule has 0 aliphatic carbocycles. The first-order chi connectivity index (χ1) is 4.10. The van der Waals surface area contributed by atoms with E-state index in [9.17, 15) is 0 Å². The van der Waals surface area contributed by atoms with Crippen LogP contribution in [0.4, 0.5) is 0 Å². The Bertz CT molecular complexity index is 99.1. The van der Waals surface area contributed by atoms with Crippen LogP contribution in [0, 0.1) is 6.92 Å². The summed E-state index contributed by atoms with van der Waals surface area (Å²) in [4.78, 5) is 0. The van der Waals surface area contributed by atoms with Gasteiger partial charge in [0, 0.05) is 0 Å². The number of hydrogen-bond donors (Lipinski definition) is 0. The molecule has 0 bridgehead atoms. The van der Waals surface area contributed by atoms with Gasteiger partial charge in [0.05, 0.1) is 12.7 Å². The van der Waals surface area contributed by atoms with Gasteiger partial charge in [-0.3, -0.25) is 0 Å². The summed E-state index contributed by atoms with van der Waals surface area (Å²) in [6.45, 7) is 8.37. The molecule has 9 heavy (non-hydrogen) atoms. The van der Waals surface area contributed by atoms with Crippen LogP contribution in [0.25, 0.3) is 0 Å². The van der Waals surface area contributed by atoms with Gasteiger partial charge >= 0.3 is 0 Å². The predicted molar refractivity (Wildman–Crippen MR) is 34.9 cm³/mol. The third kappa shape index (κ3) is 1.95. The van der Waals surface area contributed by atoms with E-state index in [1.807, 2.05) is 13.8 Å². The maximum absolute atomic E-state index is 5.34. The Morgan fingerprint density at radius 3 is 2.56 bits per heavy atom. The van der Waals surface area contributed by atoms with Gasteiger partial charge in [-0.25, -0.2) is 0 Å². The summed E-state index contributed by atoms with van der Waals surface area (Å²) in [5.41, 5.74) is 0. The molecule has 2 heteroatoms. The Morgan fingerprint density at radius 2 is 2.22 bits per heavy atom. The number of hydrogen-bond acceptors (Lipinski definition) is 2. The molecule has 53 valence electrons. The highest BCUT2D eigenvalue weighted by Gasteiger charge is 2.26. The summed E-state index contributed by atoms with van der Waals surface area (Å²) in [5.74, 6) is -0.412. The van der Waals surface area contributed by atoms with Gasteiger partial charge in [0.15, 0.2) is 5.79 Å². The lowest BCUT2D eigenvalue weighted by molar-refractivity contribution is -0.263. The molecule has 0 aromatic rings. The van der Waals surface area contributed by atoms with Crippen LogP contribution in [0.5, 0.6) is 0 Å². The largest absolute Gasteiger partial charge is 0.350 e. The van der Waals surface area contributed by atoms with Crippen molar-refractivity contribution in [3.05, 3.63) is 6.92 Å². The molecular weight excluding hydrogens is 116 g/mol. The van der Waals surface area contributed by atoms with Crippen LogP contribution in [-0.2, 0) is 9.47 Å². The van der Waals surface area contributed by atoms with Crippen molar-refractivity contribution in [2.75, 3.05) is 6.61 Å². The second kappa shape index (κ2) is 2.27. The second-order valence-electron chi connectivity index (χ2n) is 2.78. The van der Waals surface area contributed by atoms with Crippen molar-refractivity contribution >= 4 is 0 Å². The van der Waals surface area contributed by atoms with Gasteiger partial charge in [0.25, 0.3) is 0 Å². The molecule has 0 saturated carbocycles. The molecule has 2 nitrogen and oxygen atoms in total. The normalized spacial score (nSPS) is 34.3. The van der Waals surface area contributed by atoms with E-state index in [-0.39, 0.29) is 6.10 Å². The highest BCUT2D eigenvalue weighted by Crippen LogP contribution is 2.20. The molecule has 1 fully saturated rings. The molecule has 0 aromatic carbocycles. The molecular formula is C7H13O2. The van der Waals surface area contributed by atoms with Gasteiger partial charge < -0.3 is 9.47 Å². The summed E-state index contributed by atoms with van der Waals surface area (Å²) < 4.78 is 10.6. The first kappa shape index (κ1) is 7.03. The molecule has 0 amide bonds. The molecule has 1 saturated heterocycles. The second-order valence-corrected chi connectivity index (χ2v) is 2.78. The topological polar surface area (TPSA) is 18.5 Å². The average Bonchev–Trinajstić information content (AvgIpc) is 1.60. The maximum atomic E-state index is 5.34. The Hall–Kier alpha value is -0.0800. The van der Waals surface area contributed by atoms with Gasteiger partial charge in [0.1, 0.15) is 0 Å². The summed E-state index contributed by atoms with van der Waals surface area (Å²) in [5, 5.41) is 0. The minimum absolute atomic E-state index is 0.105. The lowest BCUT2D eigenvalue weighted by Crippen LogP contribution is -2.38. The molecule has 1 aliphatic rings. The van der Waals surface area contributed by atoms with Crippen molar-refractivity contribution in [2.45, 2.75) is 32.2 Å². The van der Waals surface area contributed by atoms with Gasteiger partial charge in [0.2, 0.25) is 0 Å². The first-order valence-corrected chi connectivity index (χ1v) is 3.25. The standard InChI is InChI=1S/C7H13O2/c1-6-4-5-8-7(2,3)9-6/h6H,1,4-5H2,2-3H3. The van der Waals surface area contributed by atoms with Crippen molar-refractivity contribution in [1.29, 1.82) is 0 Å². The molecule has 1 radical (unpaired) electrons. The summed E-state index contributed by atoms with van der Waals surface area (Å²) in [6.07, 6.45) is 1.01. The smallest absolute Gasteiger partial charge is 0.163 e. The van der Waals surface area contributed by atoms with Crippen LogP contribution in [0.2, 0.25) is 0 Å². The van der Waals surface area contributed by atoms with E-state index in [0.717, 1.165) is 13.0 Å². The summed E-state index contributed by atoms with van der Waals surface area (Å²) in [6, 6.07) is 0. The molecule has 1 heterocycles. The van der Waals surface area contributed by atoms with Crippen LogP contribution in [-0.4, -0.2) is 18.5 Å². The van der Waals surface area contributed by atoms with E-state index in [1.165, 1.54) is 0 Å². The van der Waals surface area contributed by atoms with Crippen LogP contribution < -0.4 is 0 Å². The van der Waals surface area contributed by atoms with Gasteiger partial charge in [-0.2, -0.15) is 0 Å². The van der Waals surface area contributed by atoms with Crippen LogP contribution in [0.15, 0.2) is 0 Å². The van der Waals surface area contributed by atoms with Crippen LogP contribution >= 0.6 is 0 Å². The van der Waals surface area contributed by atoms with Gasteiger partial charge in [-0.05, 0) is 27.2 Å². The molecule has 0 spiro atoms. The Kier molecular flexibility index (Phi) is 1.78. The van der Waals surface area contributed by atoms with Crippen molar-refractivity contribution < 1.29 is 9.47 Å². The van der Waals surface area contributed by atoms with E-state index >= 15 is 0 Å². The van der Waals surface area contributed by atoms with Crippen molar-refractivity contribution in [2.24, 2.45) is 0 Å². The average molecular weight is 129 g/mol. The zero-order chi connectivity index (χ0) is 6.91.